The molecule has 0 aromatic rings. The molecule has 0 aliphatic heterocycles. The summed E-state index contributed by atoms with van der Waals surface area (Å²) in [5, 5.41) is 9.79. The van der Waals surface area contributed by atoms with Crippen molar-refractivity contribution in [2.45, 2.75) is 116 Å². The average Bonchev–Trinajstić information content (AvgIpc) is 2.66. The van der Waals surface area contributed by atoms with Crippen molar-refractivity contribution in [2.24, 2.45) is 17.3 Å². The van der Waals surface area contributed by atoms with E-state index < -0.39 is 0 Å². The van der Waals surface area contributed by atoms with Crippen molar-refractivity contribution >= 4 is 0 Å². The summed E-state index contributed by atoms with van der Waals surface area (Å²) in [5.41, 5.74) is -0.180. The van der Waals surface area contributed by atoms with Crippen LogP contribution in [0.25, 0.3) is 0 Å². The number of hydrogen-bond donors (Lipinski definition) is 0. The highest BCUT2D eigenvalue weighted by atomic mass is 16.5. The first-order chi connectivity index (χ1) is 12.2. The van der Waals surface area contributed by atoms with Gasteiger partial charge < -0.3 is 4.74 Å². The van der Waals surface area contributed by atoms with E-state index in [9.17, 15) is 5.26 Å². The van der Waals surface area contributed by atoms with Crippen molar-refractivity contribution < 1.29 is 4.74 Å². The molecule has 0 aromatic carbocycles. The fourth-order valence-electron chi connectivity index (χ4n) is 4.94. The highest BCUT2D eigenvalue weighted by Gasteiger charge is 2.36. The van der Waals surface area contributed by atoms with Gasteiger partial charge in [-0.05, 0) is 63.2 Å². The van der Waals surface area contributed by atoms with Gasteiger partial charge in [0.05, 0.1) is 24.2 Å². The van der Waals surface area contributed by atoms with Gasteiger partial charge in [0.2, 0.25) is 0 Å². The Morgan fingerprint density at radius 3 is 2.12 bits per heavy atom. The largest absolute Gasteiger partial charge is 0.377 e. The van der Waals surface area contributed by atoms with Gasteiger partial charge in [0, 0.05) is 0 Å². The van der Waals surface area contributed by atoms with Crippen LogP contribution in [0, 0.1) is 28.6 Å². The molecule has 0 unspecified atom stereocenters. The Bertz CT molecular complexity index is 383. The Morgan fingerprint density at radius 2 is 1.52 bits per heavy atom. The van der Waals surface area contributed by atoms with Crippen LogP contribution in [-0.2, 0) is 4.74 Å². The lowest BCUT2D eigenvalue weighted by Crippen LogP contribution is -2.34. The molecule has 0 radical (unpaired) electrons. The molecule has 2 fully saturated rings. The summed E-state index contributed by atoms with van der Waals surface area (Å²) in [6.07, 6.45) is 19.7. The van der Waals surface area contributed by atoms with Gasteiger partial charge in [-0.25, -0.2) is 0 Å². The average molecular weight is 348 g/mol. The lowest BCUT2D eigenvalue weighted by atomic mass is 9.70. The van der Waals surface area contributed by atoms with Crippen molar-refractivity contribution in [1.29, 1.82) is 5.26 Å². The zero-order valence-electron chi connectivity index (χ0n) is 16.9. The maximum Gasteiger partial charge on any atom is 0.0807 e. The van der Waals surface area contributed by atoms with Gasteiger partial charge in [0.1, 0.15) is 0 Å². The minimum absolute atomic E-state index is 0.180. The van der Waals surface area contributed by atoms with E-state index >= 15 is 0 Å². The van der Waals surface area contributed by atoms with Crippen molar-refractivity contribution in [3.05, 3.63) is 0 Å². The van der Waals surface area contributed by atoms with E-state index in [1.807, 2.05) is 0 Å². The van der Waals surface area contributed by atoms with Crippen LogP contribution in [0.5, 0.6) is 0 Å². The van der Waals surface area contributed by atoms with E-state index in [4.69, 9.17) is 4.74 Å². The summed E-state index contributed by atoms with van der Waals surface area (Å²) >= 11 is 0. The minimum Gasteiger partial charge on any atom is -0.377 e. The van der Waals surface area contributed by atoms with Crippen molar-refractivity contribution in [2.75, 3.05) is 6.61 Å². The predicted octanol–water partition coefficient (Wildman–Crippen LogP) is 7.03. The van der Waals surface area contributed by atoms with Crippen LogP contribution >= 0.6 is 0 Å². The Hall–Kier alpha value is -0.550. The van der Waals surface area contributed by atoms with Crippen molar-refractivity contribution in [1.82, 2.24) is 0 Å². The highest BCUT2D eigenvalue weighted by molar-refractivity contribution is 5.02. The van der Waals surface area contributed by atoms with Gasteiger partial charge in [-0.15, -0.1) is 0 Å². The zero-order chi connectivity index (χ0) is 18.0. The third kappa shape index (κ3) is 6.93. The lowest BCUT2D eigenvalue weighted by molar-refractivity contribution is -0.0299. The topological polar surface area (TPSA) is 33.0 Å². The summed E-state index contributed by atoms with van der Waals surface area (Å²) in [6, 6.07) is 2.66. The first-order valence-electron chi connectivity index (χ1n) is 11.2. The third-order valence-electron chi connectivity index (χ3n) is 6.85. The SMILES string of the molecule is CCCCCC[C@H]1CC[C@@](C#N)(CO[C@H]2CC[C@H](CCC)CC2)CC1. The summed E-state index contributed by atoms with van der Waals surface area (Å²) in [6.45, 7) is 5.26. The van der Waals surface area contributed by atoms with Crippen LogP contribution < -0.4 is 0 Å². The molecule has 0 bridgehead atoms. The maximum atomic E-state index is 9.79. The normalized spacial score (nSPS) is 33.1. The Balaban J connectivity index is 1.66. The molecule has 0 amide bonds. The van der Waals surface area contributed by atoms with Crippen LogP contribution in [0.3, 0.4) is 0 Å². The molecule has 0 aromatic heterocycles. The predicted molar refractivity (Wildman–Crippen MR) is 105 cm³/mol. The van der Waals surface area contributed by atoms with E-state index in [-0.39, 0.29) is 5.41 Å². The fraction of sp³-hybridized carbons (Fsp3) is 0.957. The maximum absolute atomic E-state index is 9.79. The second-order valence-electron chi connectivity index (χ2n) is 8.93. The van der Waals surface area contributed by atoms with Gasteiger partial charge in [0.25, 0.3) is 0 Å². The molecule has 2 rings (SSSR count). The van der Waals surface area contributed by atoms with Gasteiger partial charge in [-0.2, -0.15) is 5.26 Å². The highest BCUT2D eigenvalue weighted by Crippen LogP contribution is 2.41. The quantitative estimate of drug-likeness (QED) is 0.397. The number of rotatable bonds is 10. The van der Waals surface area contributed by atoms with Gasteiger partial charge >= 0.3 is 0 Å². The molecule has 2 saturated carbocycles. The van der Waals surface area contributed by atoms with Gasteiger partial charge in [0.15, 0.2) is 0 Å². The molecule has 0 heterocycles. The molecule has 144 valence electrons. The molecular formula is C23H41NO. The van der Waals surface area contributed by atoms with Crippen LogP contribution in [0.15, 0.2) is 0 Å². The first-order valence-corrected chi connectivity index (χ1v) is 11.2. The van der Waals surface area contributed by atoms with Crippen molar-refractivity contribution in [3.63, 3.8) is 0 Å². The second kappa shape index (κ2) is 11.2. The molecular weight excluding hydrogens is 306 g/mol. The molecule has 2 aliphatic rings. The summed E-state index contributed by atoms with van der Waals surface area (Å²) in [7, 11) is 0. The van der Waals surface area contributed by atoms with Crippen LogP contribution in [0.2, 0.25) is 0 Å². The standard InChI is InChI=1S/C23H41NO/c1-3-5-6-7-9-21-14-16-23(18-24,17-15-21)19-25-22-12-10-20(8-4-2)11-13-22/h20-22H,3-17,19H2,1-2H3/t20-,21-,22-,23+. The number of nitriles is 1. The van der Waals surface area contributed by atoms with Crippen molar-refractivity contribution in [3.8, 4) is 6.07 Å². The van der Waals surface area contributed by atoms with Crippen LogP contribution in [-0.4, -0.2) is 12.7 Å². The Morgan fingerprint density at radius 1 is 0.840 bits per heavy atom. The fourth-order valence-corrected chi connectivity index (χ4v) is 4.94. The monoisotopic (exact) mass is 347 g/mol. The van der Waals surface area contributed by atoms with E-state index in [1.54, 1.807) is 0 Å². The number of nitrogens with zero attached hydrogens (tertiary/aromatic N) is 1. The molecule has 0 saturated heterocycles. The summed E-state index contributed by atoms with van der Waals surface area (Å²) < 4.78 is 6.27. The third-order valence-corrected chi connectivity index (χ3v) is 6.85. The van der Waals surface area contributed by atoms with Crippen LogP contribution in [0.4, 0.5) is 0 Å². The minimum atomic E-state index is -0.180. The van der Waals surface area contributed by atoms with E-state index in [2.05, 4.69) is 19.9 Å². The zero-order valence-corrected chi connectivity index (χ0v) is 16.9. The van der Waals surface area contributed by atoms with E-state index in [0.29, 0.717) is 12.7 Å². The van der Waals surface area contributed by atoms with E-state index in [0.717, 1.165) is 24.7 Å². The molecule has 0 spiro atoms. The van der Waals surface area contributed by atoms with Crippen LogP contribution in [0.1, 0.15) is 110 Å². The number of unbranched alkanes of at least 4 members (excludes halogenated alkanes) is 3. The molecule has 25 heavy (non-hydrogen) atoms. The lowest BCUT2D eigenvalue weighted by Gasteiger charge is -2.37. The Labute approximate surface area is 156 Å². The Kier molecular flexibility index (Phi) is 9.32. The van der Waals surface area contributed by atoms with Gasteiger partial charge in [-0.1, -0.05) is 58.8 Å². The summed E-state index contributed by atoms with van der Waals surface area (Å²) in [4.78, 5) is 0. The second-order valence-corrected chi connectivity index (χ2v) is 8.93. The number of ether oxygens (including phenoxy) is 1. The first kappa shape index (κ1) is 20.8. The smallest absolute Gasteiger partial charge is 0.0807 e. The number of hydrogen-bond acceptors (Lipinski definition) is 2. The summed E-state index contributed by atoms with van der Waals surface area (Å²) in [5.74, 6) is 1.79. The van der Waals surface area contributed by atoms with E-state index in [1.165, 1.54) is 83.5 Å². The molecule has 2 nitrogen and oxygen atoms in total. The molecule has 0 atom stereocenters. The molecule has 2 aliphatic carbocycles. The molecule has 2 heteroatoms. The molecule has 0 N–H and O–H groups in total. The van der Waals surface area contributed by atoms with Gasteiger partial charge in [-0.3, -0.25) is 0 Å².